The van der Waals surface area contributed by atoms with Gasteiger partial charge < -0.3 is 4.57 Å². The van der Waals surface area contributed by atoms with Crippen LogP contribution in [0.25, 0.3) is 100 Å². The lowest BCUT2D eigenvalue weighted by atomic mass is 9.95. The van der Waals surface area contributed by atoms with Gasteiger partial charge in [0, 0.05) is 55.9 Å². The van der Waals surface area contributed by atoms with Gasteiger partial charge in [0.15, 0.2) is 5.82 Å². The topological polar surface area (TPSA) is 48.0 Å². The highest BCUT2D eigenvalue weighted by Gasteiger charge is 2.21. The average Bonchev–Trinajstić information content (AvgIpc) is 3.84. The van der Waals surface area contributed by atoms with Crippen molar-refractivity contribution in [3.8, 4) is 62.0 Å². The highest BCUT2D eigenvalue weighted by atomic mass is 15.2. The Morgan fingerprint density at radius 1 is 0.393 bits per heavy atom. The van der Waals surface area contributed by atoms with Crippen molar-refractivity contribution in [2.24, 2.45) is 0 Å². The van der Waals surface area contributed by atoms with Crippen LogP contribution in [0.4, 0.5) is 0 Å². The van der Waals surface area contributed by atoms with Crippen LogP contribution in [-0.2, 0) is 0 Å². The van der Waals surface area contributed by atoms with E-state index in [0.29, 0.717) is 5.82 Å². The Kier molecular flexibility index (Phi) is 7.42. The van der Waals surface area contributed by atoms with Gasteiger partial charge in [-0.25, -0.2) is 14.5 Å². The van der Waals surface area contributed by atoms with Gasteiger partial charge in [0.25, 0.3) is 0 Å². The molecule has 0 amide bonds. The fourth-order valence-corrected chi connectivity index (χ4v) is 8.25. The van der Waals surface area contributed by atoms with E-state index in [-0.39, 0.29) is 0 Å². The number of benzene rings is 7. The van der Waals surface area contributed by atoms with Gasteiger partial charge >= 0.3 is 0 Å². The molecule has 5 nitrogen and oxygen atoms in total. The molecule has 0 saturated carbocycles. The molecule has 11 aromatic rings. The predicted molar refractivity (Wildman–Crippen MR) is 230 cm³/mol. The van der Waals surface area contributed by atoms with E-state index in [1.165, 1.54) is 21.8 Å². The molecule has 0 atom stereocenters. The third kappa shape index (κ3) is 5.21. The van der Waals surface area contributed by atoms with Crippen LogP contribution in [0.1, 0.15) is 0 Å². The molecule has 0 bridgehead atoms. The summed E-state index contributed by atoms with van der Waals surface area (Å²) in [6.07, 6.45) is 2.08. The molecular formula is C51H33N5. The SMILES string of the molecule is c1ccc(-c2nc(-c3cccc(-n4c5ccccc5c5ccccc54)c3)cc(-c3cccc4c3ccn3nc(-c5ccccc5)c(-c5ccccc5)c43)n2)cc1. The molecule has 0 aliphatic carbocycles. The van der Waals surface area contributed by atoms with Crippen LogP contribution in [0.3, 0.4) is 0 Å². The van der Waals surface area contributed by atoms with E-state index in [2.05, 4.69) is 181 Å². The van der Waals surface area contributed by atoms with E-state index in [1.807, 2.05) is 28.8 Å². The second kappa shape index (κ2) is 13.0. The van der Waals surface area contributed by atoms with Crippen molar-refractivity contribution in [3.63, 3.8) is 0 Å². The summed E-state index contributed by atoms with van der Waals surface area (Å²) in [7, 11) is 0. The van der Waals surface area contributed by atoms with E-state index in [4.69, 9.17) is 15.1 Å². The van der Waals surface area contributed by atoms with E-state index < -0.39 is 0 Å². The summed E-state index contributed by atoms with van der Waals surface area (Å²) in [5.41, 5.74) is 13.5. The molecular weight excluding hydrogens is 683 g/mol. The highest BCUT2D eigenvalue weighted by Crippen LogP contribution is 2.41. The minimum Gasteiger partial charge on any atom is -0.309 e. The summed E-state index contributed by atoms with van der Waals surface area (Å²) in [6, 6.07) is 68.0. The maximum Gasteiger partial charge on any atom is 0.160 e. The molecule has 0 saturated heterocycles. The maximum absolute atomic E-state index is 5.28. The monoisotopic (exact) mass is 715 g/mol. The molecule has 56 heavy (non-hydrogen) atoms. The van der Waals surface area contributed by atoms with Gasteiger partial charge in [-0.2, -0.15) is 5.10 Å². The van der Waals surface area contributed by atoms with Gasteiger partial charge in [0.1, 0.15) is 5.69 Å². The Hall–Kier alpha value is -7.63. The third-order valence-corrected chi connectivity index (χ3v) is 10.8. The number of para-hydroxylation sites is 2. The quantitative estimate of drug-likeness (QED) is 0.172. The van der Waals surface area contributed by atoms with Crippen LogP contribution in [0.15, 0.2) is 200 Å². The van der Waals surface area contributed by atoms with E-state index in [9.17, 15) is 0 Å². The number of pyridine rings is 1. The molecule has 4 aromatic heterocycles. The van der Waals surface area contributed by atoms with Gasteiger partial charge in [0.2, 0.25) is 0 Å². The Morgan fingerprint density at radius 2 is 0.964 bits per heavy atom. The van der Waals surface area contributed by atoms with Crippen LogP contribution in [-0.4, -0.2) is 24.1 Å². The van der Waals surface area contributed by atoms with Crippen LogP contribution in [0.5, 0.6) is 0 Å². The Bertz CT molecular complexity index is 3180. The fourth-order valence-electron chi connectivity index (χ4n) is 8.25. The second-order valence-corrected chi connectivity index (χ2v) is 14.1. The first-order valence-electron chi connectivity index (χ1n) is 18.9. The molecule has 0 radical (unpaired) electrons. The summed E-state index contributed by atoms with van der Waals surface area (Å²) in [6.45, 7) is 0. The number of aromatic nitrogens is 5. The van der Waals surface area contributed by atoms with Crippen molar-refractivity contribution in [3.05, 3.63) is 200 Å². The summed E-state index contributed by atoms with van der Waals surface area (Å²) >= 11 is 0. The molecule has 0 aliphatic rings. The number of hydrogen-bond acceptors (Lipinski definition) is 3. The fraction of sp³-hybridized carbons (Fsp3) is 0. The Labute approximate surface area is 323 Å². The third-order valence-electron chi connectivity index (χ3n) is 10.8. The van der Waals surface area contributed by atoms with Gasteiger partial charge in [-0.3, -0.25) is 0 Å². The maximum atomic E-state index is 5.28. The standard InChI is InChI=1S/C51H33N5/c1-4-16-34(17-5-1)48-49(35-18-6-2-7-19-35)54-55-31-30-39-40(26-15-27-43(39)50(48)55)45-33-44(52-51(53-45)36-20-8-3-9-21-36)37-22-14-23-38(32-37)56-46-28-12-10-24-41(46)42-25-11-13-29-47(42)56/h1-33H. The van der Waals surface area contributed by atoms with Crippen LogP contribution >= 0.6 is 0 Å². The van der Waals surface area contributed by atoms with Crippen molar-refractivity contribution in [2.75, 3.05) is 0 Å². The highest BCUT2D eigenvalue weighted by molar-refractivity contribution is 6.11. The zero-order valence-corrected chi connectivity index (χ0v) is 30.3. The van der Waals surface area contributed by atoms with E-state index in [1.54, 1.807) is 0 Å². The average molecular weight is 716 g/mol. The minimum atomic E-state index is 0.680. The van der Waals surface area contributed by atoms with Gasteiger partial charge in [-0.15, -0.1) is 0 Å². The van der Waals surface area contributed by atoms with Crippen molar-refractivity contribution in [1.82, 2.24) is 24.1 Å². The zero-order chi connectivity index (χ0) is 37.0. The lowest BCUT2D eigenvalue weighted by Gasteiger charge is -2.13. The van der Waals surface area contributed by atoms with Crippen molar-refractivity contribution < 1.29 is 0 Å². The molecule has 5 heteroatoms. The summed E-state index contributed by atoms with van der Waals surface area (Å²) < 4.78 is 4.38. The molecule has 4 heterocycles. The molecule has 262 valence electrons. The summed E-state index contributed by atoms with van der Waals surface area (Å²) in [4.78, 5) is 10.5. The van der Waals surface area contributed by atoms with Crippen molar-refractivity contribution in [2.45, 2.75) is 0 Å². The summed E-state index contributed by atoms with van der Waals surface area (Å²) in [5, 5.41) is 9.85. The minimum absolute atomic E-state index is 0.680. The molecule has 0 N–H and O–H groups in total. The second-order valence-electron chi connectivity index (χ2n) is 14.1. The van der Waals surface area contributed by atoms with E-state index in [0.717, 1.165) is 72.4 Å². The predicted octanol–water partition coefficient (Wildman–Crippen LogP) is 12.7. The summed E-state index contributed by atoms with van der Waals surface area (Å²) in [5.74, 6) is 0.680. The van der Waals surface area contributed by atoms with Gasteiger partial charge in [-0.05, 0) is 47.3 Å². The largest absolute Gasteiger partial charge is 0.309 e. The van der Waals surface area contributed by atoms with Crippen LogP contribution in [0, 0.1) is 0 Å². The first-order chi connectivity index (χ1) is 27.8. The Morgan fingerprint density at radius 3 is 1.68 bits per heavy atom. The lowest BCUT2D eigenvalue weighted by Crippen LogP contribution is -1.98. The van der Waals surface area contributed by atoms with Crippen LogP contribution < -0.4 is 0 Å². The molecule has 0 unspecified atom stereocenters. The molecule has 11 rings (SSSR count). The Balaban J connectivity index is 1.13. The number of rotatable bonds is 6. The molecule has 0 spiro atoms. The number of fused-ring (bicyclic) bond motifs is 6. The van der Waals surface area contributed by atoms with E-state index >= 15 is 0 Å². The van der Waals surface area contributed by atoms with Crippen molar-refractivity contribution >= 4 is 38.1 Å². The number of nitrogens with zero attached hydrogens (tertiary/aromatic N) is 5. The normalized spacial score (nSPS) is 11.6. The smallest absolute Gasteiger partial charge is 0.160 e. The lowest BCUT2D eigenvalue weighted by molar-refractivity contribution is 0.971. The number of hydrogen-bond donors (Lipinski definition) is 0. The molecule has 0 fully saturated rings. The van der Waals surface area contributed by atoms with Crippen LogP contribution in [0.2, 0.25) is 0 Å². The van der Waals surface area contributed by atoms with Gasteiger partial charge in [-0.1, -0.05) is 158 Å². The zero-order valence-electron chi connectivity index (χ0n) is 30.3. The molecule has 0 aliphatic heterocycles. The molecule has 7 aromatic carbocycles. The van der Waals surface area contributed by atoms with Crippen molar-refractivity contribution in [1.29, 1.82) is 0 Å². The first kappa shape index (κ1) is 31.9. The first-order valence-corrected chi connectivity index (χ1v) is 18.9. The van der Waals surface area contributed by atoms with Gasteiger partial charge in [0.05, 0.1) is 27.9 Å².